The smallest absolute Gasteiger partial charge is 0.410 e. The summed E-state index contributed by atoms with van der Waals surface area (Å²) in [7, 11) is -6.00. The zero-order chi connectivity index (χ0) is 29.1. The average Bonchev–Trinajstić information content (AvgIpc) is 2.75. The molecule has 214 valence electrons. The van der Waals surface area contributed by atoms with E-state index >= 15 is 0 Å². The molecule has 0 saturated heterocycles. The normalized spacial score (nSPS) is 13.9. The molecular weight excluding hydrogens is 546 g/mol. The molecule has 0 spiro atoms. The van der Waals surface area contributed by atoms with Gasteiger partial charge in [-0.05, 0) is 64.4 Å². The maximum Gasteiger partial charge on any atom is 0.410 e. The number of aromatic hydroxyl groups is 1. The van der Waals surface area contributed by atoms with Gasteiger partial charge in [-0.25, -0.2) is 22.9 Å². The molecule has 0 aliphatic carbocycles. The van der Waals surface area contributed by atoms with Crippen molar-refractivity contribution < 1.29 is 27.5 Å². The molecule has 1 heterocycles. The number of hydrogen-bond acceptors (Lipinski definition) is 7. The van der Waals surface area contributed by atoms with Crippen LogP contribution in [0.15, 0.2) is 29.3 Å². The summed E-state index contributed by atoms with van der Waals surface area (Å²) >= 11 is 6.25. The van der Waals surface area contributed by atoms with Crippen LogP contribution in [0.2, 0.25) is 23.2 Å². The molecule has 1 unspecified atom stereocenters. The van der Waals surface area contributed by atoms with Crippen molar-refractivity contribution in [3.05, 3.63) is 29.4 Å². The summed E-state index contributed by atoms with van der Waals surface area (Å²) in [4.78, 5) is 18.2. The van der Waals surface area contributed by atoms with E-state index in [2.05, 4.69) is 43.6 Å². The molecule has 1 atom stereocenters. The van der Waals surface area contributed by atoms with Crippen molar-refractivity contribution in [2.24, 2.45) is 0 Å². The van der Waals surface area contributed by atoms with E-state index in [0.717, 1.165) is 0 Å². The first-order valence-electron chi connectivity index (χ1n) is 12.7. The van der Waals surface area contributed by atoms with Crippen LogP contribution in [-0.2, 0) is 19.2 Å². The van der Waals surface area contributed by atoms with Crippen molar-refractivity contribution in [2.75, 3.05) is 19.7 Å². The van der Waals surface area contributed by atoms with Crippen molar-refractivity contribution >= 4 is 46.8 Å². The molecule has 1 aromatic heterocycles. The van der Waals surface area contributed by atoms with Gasteiger partial charge < -0.3 is 19.2 Å². The Hall–Kier alpha value is -1.92. The van der Waals surface area contributed by atoms with Crippen molar-refractivity contribution in [2.45, 2.75) is 89.6 Å². The highest BCUT2D eigenvalue weighted by Crippen LogP contribution is 2.36. The van der Waals surface area contributed by atoms with Crippen LogP contribution in [0.3, 0.4) is 0 Å². The fourth-order valence-corrected chi connectivity index (χ4v) is 6.39. The van der Waals surface area contributed by atoms with Gasteiger partial charge >= 0.3 is 6.09 Å². The number of amides is 1. The standard InChI is InChI=1S/C26H42ClN3O6SSi/c1-18(29-37(33,34)21-13-10-12-19-22(21)20(27)16-28-23(19)31)17-30(24(32)36-25(2,3)4)14-11-15-35-38(8,9)26(5,6)7/h10,12-13,16,18,29H,11,14-15,17H2,1-9H3,(H,28,31). The van der Waals surface area contributed by atoms with E-state index in [1.54, 1.807) is 33.8 Å². The molecule has 0 saturated carbocycles. The lowest BCUT2D eigenvalue weighted by molar-refractivity contribution is 0.0230. The van der Waals surface area contributed by atoms with E-state index in [1.165, 1.54) is 23.2 Å². The molecule has 2 N–H and O–H groups in total. The van der Waals surface area contributed by atoms with Crippen LogP contribution >= 0.6 is 11.6 Å². The highest BCUT2D eigenvalue weighted by Gasteiger charge is 2.37. The Morgan fingerprint density at radius 2 is 1.84 bits per heavy atom. The predicted molar refractivity (Wildman–Crippen MR) is 154 cm³/mol. The minimum absolute atomic E-state index is 0.0714. The zero-order valence-electron chi connectivity index (χ0n) is 23.9. The molecule has 2 aromatic rings. The van der Waals surface area contributed by atoms with Crippen LogP contribution in [0.25, 0.3) is 10.8 Å². The summed E-state index contributed by atoms with van der Waals surface area (Å²) < 4.78 is 41.1. The second-order valence-electron chi connectivity index (χ2n) is 12.0. The molecule has 0 bridgehead atoms. The molecule has 0 aliphatic rings. The van der Waals surface area contributed by atoms with Gasteiger partial charge in [-0.15, -0.1) is 0 Å². The van der Waals surface area contributed by atoms with Gasteiger partial charge in [0.15, 0.2) is 8.32 Å². The van der Waals surface area contributed by atoms with E-state index < -0.39 is 36.1 Å². The fraction of sp³-hybridized carbons (Fsp3) is 0.615. The lowest BCUT2D eigenvalue weighted by Crippen LogP contribution is -2.46. The zero-order valence-corrected chi connectivity index (χ0v) is 26.5. The lowest BCUT2D eigenvalue weighted by Gasteiger charge is -2.36. The largest absolute Gasteiger partial charge is 0.493 e. The maximum atomic E-state index is 13.3. The van der Waals surface area contributed by atoms with Gasteiger partial charge in [-0.2, -0.15) is 0 Å². The summed E-state index contributed by atoms with van der Waals surface area (Å²) in [6, 6.07) is 3.81. The summed E-state index contributed by atoms with van der Waals surface area (Å²) in [5.74, 6) is -0.314. The number of carbonyl (C=O) groups excluding carboxylic acids is 1. The van der Waals surface area contributed by atoms with Gasteiger partial charge in [0.25, 0.3) is 0 Å². The van der Waals surface area contributed by atoms with Crippen molar-refractivity contribution in [1.82, 2.24) is 14.6 Å². The number of hydrogen-bond donors (Lipinski definition) is 2. The van der Waals surface area contributed by atoms with Crippen LogP contribution in [0.4, 0.5) is 4.79 Å². The third kappa shape index (κ3) is 8.54. The van der Waals surface area contributed by atoms with Gasteiger partial charge in [0, 0.05) is 36.5 Å². The van der Waals surface area contributed by atoms with E-state index in [-0.39, 0.29) is 38.2 Å². The number of benzene rings is 1. The van der Waals surface area contributed by atoms with Crippen molar-refractivity contribution in [1.29, 1.82) is 0 Å². The molecule has 1 amide bonds. The Morgan fingerprint density at radius 3 is 2.42 bits per heavy atom. The minimum atomic E-state index is -4.06. The third-order valence-electron chi connectivity index (χ3n) is 6.44. The molecule has 38 heavy (non-hydrogen) atoms. The van der Waals surface area contributed by atoms with E-state index in [1.807, 2.05) is 0 Å². The van der Waals surface area contributed by atoms with Gasteiger partial charge in [0.05, 0.1) is 16.1 Å². The van der Waals surface area contributed by atoms with Crippen LogP contribution in [0, 0.1) is 0 Å². The van der Waals surface area contributed by atoms with E-state index in [4.69, 9.17) is 20.8 Å². The van der Waals surface area contributed by atoms with E-state index in [0.29, 0.717) is 19.6 Å². The number of aromatic nitrogens is 1. The molecule has 2 rings (SSSR count). The molecule has 0 aliphatic heterocycles. The highest BCUT2D eigenvalue weighted by atomic mass is 35.5. The van der Waals surface area contributed by atoms with Crippen LogP contribution < -0.4 is 4.72 Å². The summed E-state index contributed by atoms with van der Waals surface area (Å²) in [6.07, 6.45) is 1.26. The van der Waals surface area contributed by atoms with Gasteiger partial charge in [-0.1, -0.05) is 38.4 Å². The molecule has 0 fully saturated rings. The second kappa shape index (κ2) is 12.1. The van der Waals surface area contributed by atoms with Crippen molar-refractivity contribution in [3.8, 4) is 5.88 Å². The van der Waals surface area contributed by atoms with Gasteiger partial charge in [-0.3, -0.25) is 0 Å². The van der Waals surface area contributed by atoms with Crippen LogP contribution in [-0.4, -0.2) is 69.2 Å². The Morgan fingerprint density at radius 1 is 1.21 bits per heavy atom. The number of rotatable bonds is 10. The highest BCUT2D eigenvalue weighted by molar-refractivity contribution is 7.89. The van der Waals surface area contributed by atoms with Gasteiger partial charge in [0.1, 0.15) is 5.60 Å². The Labute approximate surface area is 233 Å². The fourth-order valence-electron chi connectivity index (χ4n) is 3.52. The first-order chi connectivity index (χ1) is 17.2. The molecule has 12 heteroatoms. The number of sulfonamides is 1. The third-order valence-corrected chi connectivity index (χ3v) is 12.9. The number of carbonyl (C=O) groups is 1. The van der Waals surface area contributed by atoms with Crippen LogP contribution in [0.5, 0.6) is 5.88 Å². The first-order valence-corrected chi connectivity index (χ1v) is 17.4. The second-order valence-corrected chi connectivity index (χ2v) is 18.9. The maximum absolute atomic E-state index is 13.3. The minimum Gasteiger partial charge on any atom is -0.493 e. The number of nitrogens with zero attached hydrogens (tertiary/aromatic N) is 2. The number of ether oxygens (including phenoxy) is 1. The quantitative estimate of drug-likeness (QED) is 0.262. The van der Waals surface area contributed by atoms with E-state index in [9.17, 15) is 18.3 Å². The number of fused-ring (bicyclic) bond motifs is 1. The Bertz CT molecular complexity index is 1240. The number of nitrogens with one attached hydrogen (secondary N) is 1. The molecule has 1 aromatic carbocycles. The summed E-state index contributed by atoms with van der Waals surface area (Å²) in [5, 5.41) is 10.7. The Balaban J connectivity index is 2.20. The lowest BCUT2D eigenvalue weighted by atomic mass is 10.2. The average molecular weight is 588 g/mol. The molecule has 9 nitrogen and oxygen atoms in total. The SMILES string of the molecule is CC(CN(CCCO[Si](C)(C)C(C)(C)C)C(=O)OC(C)(C)C)NS(=O)(=O)c1cccc2c(O)ncc(Cl)c12. The summed E-state index contributed by atoms with van der Waals surface area (Å²) in [5.41, 5.74) is -0.703. The monoisotopic (exact) mass is 587 g/mol. The summed E-state index contributed by atoms with van der Waals surface area (Å²) in [6.45, 7) is 18.8. The Kier molecular flexibility index (Phi) is 10.3. The molecular formula is C26H42ClN3O6SSi. The number of halogens is 1. The number of pyridine rings is 1. The van der Waals surface area contributed by atoms with Crippen molar-refractivity contribution in [3.63, 3.8) is 0 Å². The topological polar surface area (TPSA) is 118 Å². The van der Waals surface area contributed by atoms with Crippen LogP contribution in [0.1, 0.15) is 54.9 Å². The first kappa shape index (κ1) is 32.3. The van der Waals surface area contributed by atoms with Gasteiger partial charge in [0.2, 0.25) is 15.9 Å². The predicted octanol–water partition coefficient (Wildman–Crippen LogP) is 5.91. The molecule has 0 radical (unpaired) electrons.